The molecule has 13 N–H and O–H groups in total. The average Bonchev–Trinajstić information content (AvgIpc) is 0.803. The van der Waals surface area contributed by atoms with Crippen LogP contribution in [0.4, 0.5) is 20.1 Å². The summed E-state index contributed by atoms with van der Waals surface area (Å²) in [4.78, 5) is 176. The summed E-state index contributed by atoms with van der Waals surface area (Å²) in [6, 6.07) is 21.1. The number of rotatable bonds is 35. The van der Waals surface area contributed by atoms with E-state index in [1.165, 1.54) is 33.2 Å². The van der Waals surface area contributed by atoms with E-state index in [9.17, 15) is 72.4 Å². The second-order valence-electron chi connectivity index (χ2n) is 33.6. The molecule has 1 unspecified atom stereocenters. The zero-order valence-electron chi connectivity index (χ0n) is 73.1. The Bertz CT molecular complexity index is 4100. The number of nitro benzene ring substituents is 1. The normalized spacial score (nSPS) is 13.1. The van der Waals surface area contributed by atoms with Crippen LogP contribution in [-0.4, -0.2) is 179 Å². The molecule has 7 atom stereocenters. The number of hydrazine groups is 2. The summed E-state index contributed by atoms with van der Waals surface area (Å²) in [5.41, 5.74) is 7.15. The number of esters is 3. The maximum atomic E-state index is 13.7. The van der Waals surface area contributed by atoms with Crippen molar-refractivity contribution in [3.63, 3.8) is 0 Å². The number of hydrazone groups is 1. The van der Waals surface area contributed by atoms with Crippen LogP contribution in [0.1, 0.15) is 206 Å². The van der Waals surface area contributed by atoms with Crippen molar-refractivity contribution in [1.82, 2.24) is 58.9 Å². The lowest BCUT2D eigenvalue weighted by Crippen LogP contribution is -2.57. The van der Waals surface area contributed by atoms with Crippen LogP contribution >= 0.6 is 0 Å². The lowest BCUT2D eigenvalue weighted by molar-refractivity contribution is -0.385. The first-order valence-electron chi connectivity index (χ1n) is 38.7. The molecule has 0 heterocycles. The molecule has 37 nitrogen and oxygen atoms in total. The fourth-order valence-electron chi connectivity index (χ4n) is 10.2. The van der Waals surface area contributed by atoms with Crippen LogP contribution in [0.2, 0.25) is 0 Å². The third-order valence-corrected chi connectivity index (χ3v) is 15.1. The van der Waals surface area contributed by atoms with Gasteiger partial charge in [0, 0.05) is 38.4 Å². The van der Waals surface area contributed by atoms with Gasteiger partial charge in [-0.1, -0.05) is 91.0 Å². The van der Waals surface area contributed by atoms with Crippen molar-refractivity contribution in [2.45, 2.75) is 273 Å². The van der Waals surface area contributed by atoms with E-state index in [4.69, 9.17) is 43.7 Å². The quantitative estimate of drug-likeness (QED) is 0.00306. The van der Waals surface area contributed by atoms with Crippen molar-refractivity contribution >= 4 is 88.9 Å². The Morgan fingerprint density at radius 1 is 0.450 bits per heavy atom. The highest BCUT2D eigenvalue weighted by Crippen LogP contribution is 2.38. The second kappa shape index (κ2) is 48.8. The van der Waals surface area contributed by atoms with E-state index in [1.54, 1.807) is 205 Å². The molecule has 664 valence electrons. The Morgan fingerprint density at radius 3 is 1.08 bits per heavy atom. The Labute approximate surface area is 701 Å². The van der Waals surface area contributed by atoms with Crippen LogP contribution in [0.3, 0.4) is 0 Å². The summed E-state index contributed by atoms with van der Waals surface area (Å²) in [6.45, 7) is 35.3. The van der Waals surface area contributed by atoms with Gasteiger partial charge in [-0.25, -0.2) is 31.1 Å². The molecule has 0 spiro atoms. The number of amides is 10. The second-order valence-corrected chi connectivity index (χ2v) is 33.6. The van der Waals surface area contributed by atoms with Gasteiger partial charge in [0.2, 0.25) is 23.6 Å². The van der Waals surface area contributed by atoms with Crippen LogP contribution < -0.4 is 74.2 Å². The number of alkyl carbamates (subject to hydrolysis) is 3. The van der Waals surface area contributed by atoms with Gasteiger partial charge in [-0.3, -0.25) is 68.9 Å². The number of benzene rings is 4. The molecule has 0 aliphatic carbocycles. The maximum Gasteiger partial charge on any atom is 0.408 e. The van der Waals surface area contributed by atoms with Crippen LogP contribution in [0.15, 0.2) is 108 Å². The van der Waals surface area contributed by atoms with Gasteiger partial charge in [0.05, 0.1) is 55.6 Å². The van der Waals surface area contributed by atoms with Crippen molar-refractivity contribution < 1.29 is 105 Å². The van der Waals surface area contributed by atoms with Gasteiger partial charge < -0.3 is 75.1 Å². The number of nitrogens with zero attached hydrogens (tertiary/aromatic N) is 2. The van der Waals surface area contributed by atoms with Crippen molar-refractivity contribution in [1.29, 1.82) is 0 Å². The fourth-order valence-corrected chi connectivity index (χ4v) is 10.2. The Kier molecular flexibility index (Phi) is 42.3. The van der Waals surface area contributed by atoms with Crippen molar-refractivity contribution in [2.24, 2.45) is 10.9 Å². The first-order valence-corrected chi connectivity index (χ1v) is 38.7. The number of nitrogens with two attached hydrogens (primary N) is 1. The lowest BCUT2D eigenvalue weighted by Gasteiger charge is -2.26. The molecular weight excluding hydrogens is 1560 g/mol. The Hall–Kier alpha value is -12.0. The molecule has 4 rings (SSSR count). The summed E-state index contributed by atoms with van der Waals surface area (Å²) in [6.07, 6.45) is -3.03. The van der Waals surface area contributed by atoms with Gasteiger partial charge in [-0.15, -0.1) is 0 Å². The van der Waals surface area contributed by atoms with Gasteiger partial charge in [-0.2, -0.15) is 5.10 Å². The minimum atomic E-state index is -1.51. The number of carbonyl (C=O) groups excluding carboxylic acids is 13. The number of carbonyl (C=O) groups is 13. The summed E-state index contributed by atoms with van der Waals surface area (Å²) >= 11 is 0. The molecule has 0 aliphatic heterocycles. The smallest absolute Gasteiger partial charge is 0.408 e. The number of hydrogen-bond donors (Lipinski definition) is 12. The number of hydrogen-bond acceptors (Lipinski definition) is 26. The average molecular weight is 1690 g/mol. The summed E-state index contributed by atoms with van der Waals surface area (Å²) in [5, 5.41) is 33.6. The monoisotopic (exact) mass is 1680 g/mol. The molecule has 0 fully saturated rings. The summed E-state index contributed by atoms with van der Waals surface area (Å²) < 4.78 is 42.9. The van der Waals surface area contributed by atoms with Gasteiger partial charge >= 0.3 is 36.2 Å². The number of nitro groups is 1. The molecule has 0 saturated heterocycles. The van der Waals surface area contributed by atoms with E-state index in [2.05, 4.69) is 58.6 Å². The first-order chi connectivity index (χ1) is 55.5. The molecule has 4 aromatic carbocycles. The highest BCUT2D eigenvalue weighted by atomic mass is 16.6. The van der Waals surface area contributed by atoms with E-state index in [1.807, 2.05) is 29.7 Å². The highest BCUT2D eigenvalue weighted by Gasteiger charge is 2.37. The number of nitrogens with one attached hydrogen (secondary N) is 11. The first kappa shape index (κ1) is 104. The van der Waals surface area contributed by atoms with Crippen LogP contribution in [0.5, 0.6) is 11.5 Å². The fraction of sp³-hybridized carbons (Fsp3) is 0.542. The predicted molar refractivity (Wildman–Crippen MR) is 444 cm³/mol. The molecule has 0 saturated carbocycles. The Balaban J connectivity index is 0.000000638. The summed E-state index contributed by atoms with van der Waals surface area (Å²) in [5.74, 6) is -1.36. The van der Waals surface area contributed by atoms with Gasteiger partial charge in [0.25, 0.3) is 23.4 Å². The minimum Gasteiger partial charge on any atom is -0.493 e. The third kappa shape index (κ3) is 45.1. The van der Waals surface area contributed by atoms with Crippen molar-refractivity contribution in [2.75, 3.05) is 20.8 Å². The maximum absolute atomic E-state index is 13.7. The predicted octanol–water partition coefficient (Wildman–Crippen LogP) is 7.72. The molecular formula is C83H124N14O23. The van der Waals surface area contributed by atoms with E-state index in [-0.39, 0.29) is 60.9 Å². The number of methoxy groups -OCH3 is 1. The molecule has 0 aliphatic rings. The van der Waals surface area contributed by atoms with Gasteiger partial charge in [-0.05, 0) is 175 Å². The molecule has 120 heavy (non-hydrogen) atoms. The third-order valence-electron chi connectivity index (χ3n) is 15.1. The minimum absolute atomic E-state index is 0.0290. The molecule has 4 aromatic rings. The standard InChI is InChI=1S/C36H52N6O11.C25H38N4O6.C22H34N4O6/c1-22(24-19-28(50-9)29(21-27(24)42(48)49)51-17-13-16-30(43)37-8)40-41-33(46)26(20-31(44)52-35(2,3)4)38-32(45)25(18-23-14-11-10-12-15-23)39-34(47)53-36(5,6)7;1-16(2)28-29-22(32)19(15-20(30)34-24(3,4)5)26-21(31)18(14-17-12-10-9-11-13-17)27-23(33)35-25(6,7)8;1-21(2,3)31-17(27)13-16(19(29)26-23)24-18(28)15(12-14-10-8-7-9-11-14)25-20(30)32-22(4,5)6/h10-12,14-15,19,21-22,25-26,40H,13,16-18,20H2,1-9H3,(H,37,43)(H,38,45)(H,39,47)(H,41,46);9-13,18-19H,14-15H2,1-8H3,(H,26,31)(H,27,33)(H,29,32);7-11,15-16H,12-13,23H2,1-6H3,(H,24,28)(H,25,30)(H,26,29)/t22?,25-,26+;18-,19+;15-,16+/m111/s1. The SMILES string of the molecule is CC(C)(C)OC(=O)C[C@H](NC(=O)[C@@H](Cc1ccccc1)NC(=O)OC(C)(C)C)C(=O)NN.CC(C)=NNC(=O)[C@H](CC(=O)OC(C)(C)C)NC(=O)[C@@H](Cc1ccccc1)NC(=O)OC(C)(C)C.CNC(=O)CCCOc1cc([N+](=O)[O-])c(C(C)NNC(=O)[C@H](CC(=O)OC(C)(C)C)NC(=O)[C@@H](Cc2ccccc2)NC(=O)OC(C)(C)C)cc1OC. The molecule has 0 radical (unpaired) electrons. The van der Waals surface area contributed by atoms with Gasteiger partial charge in [0.1, 0.15) is 69.9 Å². The molecule has 0 aromatic heterocycles. The zero-order chi connectivity index (χ0) is 91.3. The largest absolute Gasteiger partial charge is 0.493 e. The van der Waals surface area contributed by atoms with E-state index in [0.29, 0.717) is 17.7 Å². The van der Waals surface area contributed by atoms with E-state index in [0.717, 1.165) is 11.1 Å². The van der Waals surface area contributed by atoms with E-state index >= 15 is 0 Å². The highest BCUT2D eigenvalue weighted by molar-refractivity contribution is 5.96. The van der Waals surface area contributed by atoms with Crippen LogP contribution in [-0.2, 0) is 95.6 Å². The Morgan fingerprint density at radius 2 is 0.783 bits per heavy atom. The van der Waals surface area contributed by atoms with E-state index < -0.39 is 172 Å². The molecule has 0 bridgehead atoms. The molecule has 37 heteroatoms. The van der Waals surface area contributed by atoms with Crippen molar-refractivity contribution in [3.8, 4) is 11.5 Å². The topological polar surface area (TPSA) is 510 Å². The van der Waals surface area contributed by atoms with Crippen LogP contribution in [0, 0.1) is 10.1 Å². The van der Waals surface area contributed by atoms with Gasteiger partial charge in [0.15, 0.2) is 11.5 Å². The van der Waals surface area contributed by atoms with Crippen molar-refractivity contribution in [3.05, 3.63) is 135 Å². The van der Waals surface area contributed by atoms with Crippen LogP contribution in [0.25, 0.3) is 0 Å². The molecule has 10 amide bonds. The zero-order valence-corrected chi connectivity index (χ0v) is 73.1. The lowest BCUT2D eigenvalue weighted by atomic mass is 10.0. The summed E-state index contributed by atoms with van der Waals surface area (Å²) in [7, 11) is 2.87. The number of ether oxygens (including phenoxy) is 8.